The molecular weight excluding hydrogens is 252 g/mol. The van der Waals surface area contributed by atoms with Crippen LogP contribution in [0.4, 0.5) is 0 Å². The third-order valence-corrected chi connectivity index (χ3v) is 3.64. The largest absolute Gasteiger partial charge is 0.329 e. The lowest BCUT2D eigenvalue weighted by molar-refractivity contribution is 0.255. The summed E-state index contributed by atoms with van der Waals surface area (Å²) in [5.41, 5.74) is 8.24. The molecule has 0 saturated carbocycles. The van der Waals surface area contributed by atoms with Crippen LogP contribution < -0.4 is 5.73 Å². The second-order valence-corrected chi connectivity index (χ2v) is 4.94. The normalized spacial score (nSPS) is 13.2. The van der Waals surface area contributed by atoms with E-state index < -0.39 is 0 Å². The number of aryl methyl sites for hydroxylation is 1. The van der Waals surface area contributed by atoms with Gasteiger partial charge in [0.25, 0.3) is 0 Å². The molecule has 3 heteroatoms. The molecule has 0 fully saturated rings. The predicted molar refractivity (Wildman–Crippen MR) is 68.9 cm³/mol. The smallest absolute Gasteiger partial charge is 0.0234 e. The zero-order valence-corrected chi connectivity index (χ0v) is 11.2. The Kier molecular flexibility index (Phi) is 4.77. The number of benzene rings is 1. The minimum atomic E-state index is 0.425. The van der Waals surface area contributed by atoms with E-state index in [0.717, 1.165) is 6.54 Å². The third-order valence-electron chi connectivity index (χ3n) is 2.75. The first kappa shape index (κ1) is 12.7. The molecule has 0 aliphatic carbocycles. The molecule has 1 rings (SSSR count). The first-order valence-electron chi connectivity index (χ1n) is 5.20. The van der Waals surface area contributed by atoms with Crippen molar-refractivity contribution in [1.29, 1.82) is 0 Å². The van der Waals surface area contributed by atoms with Crippen LogP contribution in [0.2, 0.25) is 0 Å². The molecule has 0 aliphatic heterocycles. The summed E-state index contributed by atoms with van der Waals surface area (Å²) in [6, 6.07) is 6.89. The van der Waals surface area contributed by atoms with Crippen molar-refractivity contribution in [2.75, 3.05) is 13.6 Å². The SMILES string of the molecule is Cc1cc(CN(C)C(C)CN)ccc1Br. The summed E-state index contributed by atoms with van der Waals surface area (Å²) < 4.78 is 1.17. The summed E-state index contributed by atoms with van der Waals surface area (Å²) in [5.74, 6) is 0. The third kappa shape index (κ3) is 3.59. The number of hydrogen-bond donors (Lipinski definition) is 1. The molecule has 0 saturated heterocycles. The lowest BCUT2D eigenvalue weighted by Crippen LogP contribution is -2.34. The molecule has 1 atom stereocenters. The molecular formula is C12H19BrN2. The van der Waals surface area contributed by atoms with Gasteiger partial charge in [-0.15, -0.1) is 0 Å². The van der Waals surface area contributed by atoms with Crippen molar-refractivity contribution >= 4 is 15.9 Å². The Hall–Kier alpha value is -0.380. The van der Waals surface area contributed by atoms with Crippen molar-refractivity contribution in [3.63, 3.8) is 0 Å². The van der Waals surface area contributed by atoms with Gasteiger partial charge in [-0.1, -0.05) is 28.1 Å². The lowest BCUT2D eigenvalue weighted by Gasteiger charge is -2.23. The number of likely N-dealkylation sites (N-methyl/N-ethyl adjacent to an activating group) is 1. The maximum atomic E-state index is 5.63. The van der Waals surface area contributed by atoms with Gasteiger partial charge < -0.3 is 5.73 Å². The van der Waals surface area contributed by atoms with Gasteiger partial charge in [0, 0.05) is 23.6 Å². The topological polar surface area (TPSA) is 29.3 Å². The molecule has 0 bridgehead atoms. The predicted octanol–water partition coefficient (Wildman–Crippen LogP) is 2.54. The Labute approximate surface area is 101 Å². The van der Waals surface area contributed by atoms with Crippen LogP contribution in [-0.2, 0) is 6.54 Å². The van der Waals surface area contributed by atoms with E-state index in [1.807, 2.05) is 0 Å². The summed E-state index contributed by atoms with van der Waals surface area (Å²) in [6.45, 7) is 5.91. The molecule has 0 aromatic heterocycles. The maximum Gasteiger partial charge on any atom is 0.0234 e. The molecule has 2 N–H and O–H groups in total. The second kappa shape index (κ2) is 5.64. The lowest BCUT2D eigenvalue weighted by atomic mass is 10.1. The Morgan fingerprint density at radius 3 is 2.67 bits per heavy atom. The van der Waals surface area contributed by atoms with Crippen molar-refractivity contribution in [1.82, 2.24) is 4.90 Å². The average Bonchev–Trinajstić information content (AvgIpc) is 2.22. The fourth-order valence-electron chi connectivity index (χ4n) is 1.43. The van der Waals surface area contributed by atoms with E-state index in [9.17, 15) is 0 Å². The van der Waals surface area contributed by atoms with Gasteiger partial charge in [-0.25, -0.2) is 0 Å². The van der Waals surface area contributed by atoms with E-state index in [1.165, 1.54) is 15.6 Å². The molecule has 1 aromatic carbocycles. The van der Waals surface area contributed by atoms with Crippen LogP contribution in [0.3, 0.4) is 0 Å². The van der Waals surface area contributed by atoms with Gasteiger partial charge in [-0.3, -0.25) is 4.90 Å². The van der Waals surface area contributed by atoms with Crippen LogP contribution in [0.1, 0.15) is 18.1 Å². The first-order chi connectivity index (χ1) is 7.04. The second-order valence-electron chi connectivity index (χ2n) is 4.08. The van der Waals surface area contributed by atoms with Crippen molar-refractivity contribution in [3.05, 3.63) is 33.8 Å². The van der Waals surface area contributed by atoms with Crippen LogP contribution >= 0.6 is 15.9 Å². The Morgan fingerprint density at radius 2 is 2.13 bits per heavy atom. The molecule has 2 nitrogen and oxygen atoms in total. The average molecular weight is 271 g/mol. The van der Waals surface area contributed by atoms with Crippen molar-refractivity contribution in [2.45, 2.75) is 26.4 Å². The van der Waals surface area contributed by atoms with Crippen LogP contribution in [-0.4, -0.2) is 24.5 Å². The Balaban J connectivity index is 2.68. The Morgan fingerprint density at radius 1 is 1.47 bits per heavy atom. The van der Waals surface area contributed by atoms with Gasteiger partial charge in [0.05, 0.1) is 0 Å². The van der Waals surface area contributed by atoms with E-state index in [0.29, 0.717) is 12.6 Å². The fraction of sp³-hybridized carbons (Fsp3) is 0.500. The molecule has 15 heavy (non-hydrogen) atoms. The fourth-order valence-corrected chi connectivity index (χ4v) is 1.68. The minimum Gasteiger partial charge on any atom is -0.329 e. The van der Waals surface area contributed by atoms with Gasteiger partial charge in [0.2, 0.25) is 0 Å². The summed E-state index contributed by atoms with van der Waals surface area (Å²) in [4.78, 5) is 2.27. The first-order valence-corrected chi connectivity index (χ1v) is 5.99. The van der Waals surface area contributed by atoms with E-state index in [2.05, 4.69) is 59.9 Å². The molecule has 0 aliphatic rings. The van der Waals surface area contributed by atoms with Gasteiger partial charge in [-0.2, -0.15) is 0 Å². The zero-order valence-electron chi connectivity index (χ0n) is 9.63. The molecule has 0 amide bonds. The van der Waals surface area contributed by atoms with Crippen molar-refractivity contribution in [3.8, 4) is 0 Å². The highest BCUT2D eigenvalue weighted by Gasteiger charge is 2.07. The highest BCUT2D eigenvalue weighted by molar-refractivity contribution is 9.10. The minimum absolute atomic E-state index is 0.425. The molecule has 1 unspecified atom stereocenters. The van der Waals surface area contributed by atoms with Gasteiger partial charge in [0.15, 0.2) is 0 Å². The highest BCUT2D eigenvalue weighted by Crippen LogP contribution is 2.18. The molecule has 1 aromatic rings. The van der Waals surface area contributed by atoms with Crippen molar-refractivity contribution < 1.29 is 0 Å². The van der Waals surface area contributed by atoms with E-state index >= 15 is 0 Å². The van der Waals surface area contributed by atoms with E-state index in [4.69, 9.17) is 5.73 Å². The van der Waals surface area contributed by atoms with Crippen LogP contribution in [0, 0.1) is 6.92 Å². The van der Waals surface area contributed by atoms with E-state index in [1.54, 1.807) is 0 Å². The van der Waals surface area contributed by atoms with Crippen molar-refractivity contribution in [2.24, 2.45) is 5.73 Å². The van der Waals surface area contributed by atoms with Crippen LogP contribution in [0.5, 0.6) is 0 Å². The number of halogens is 1. The molecule has 0 spiro atoms. The Bertz CT molecular complexity index is 325. The van der Waals surface area contributed by atoms with Crippen LogP contribution in [0.25, 0.3) is 0 Å². The molecule has 84 valence electrons. The number of hydrogen-bond acceptors (Lipinski definition) is 2. The molecule has 0 heterocycles. The van der Waals surface area contributed by atoms with Crippen LogP contribution in [0.15, 0.2) is 22.7 Å². The number of nitrogens with two attached hydrogens (primary N) is 1. The number of nitrogens with zero attached hydrogens (tertiary/aromatic N) is 1. The highest BCUT2D eigenvalue weighted by atomic mass is 79.9. The number of rotatable bonds is 4. The zero-order chi connectivity index (χ0) is 11.4. The van der Waals surface area contributed by atoms with E-state index in [-0.39, 0.29) is 0 Å². The van der Waals surface area contributed by atoms with Gasteiger partial charge in [-0.05, 0) is 38.1 Å². The maximum absolute atomic E-state index is 5.63. The monoisotopic (exact) mass is 270 g/mol. The summed E-state index contributed by atoms with van der Waals surface area (Å²) in [5, 5.41) is 0. The summed E-state index contributed by atoms with van der Waals surface area (Å²) >= 11 is 3.50. The van der Waals surface area contributed by atoms with Gasteiger partial charge >= 0.3 is 0 Å². The van der Waals surface area contributed by atoms with Gasteiger partial charge in [0.1, 0.15) is 0 Å². The quantitative estimate of drug-likeness (QED) is 0.911. The molecule has 0 radical (unpaired) electrons. The summed E-state index contributed by atoms with van der Waals surface area (Å²) in [7, 11) is 2.11. The standard InChI is InChI=1S/C12H19BrN2/c1-9-6-11(4-5-12(9)13)8-15(3)10(2)7-14/h4-6,10H,7-8,14H2,1-3H3. The summed E-state index contributed by atoms with van der Waals surface area (Å²) in [6.07, 6.45) is 0.